The molecule has 0 amide bonds. The highest BCUT2D eigenvalue weighted by molar-refractivity contribution is 7.16. The van der Waals surface area contributed by atoms with Gasteiger partial charge in [-0.15, -0.1) is 10.2 Å². The van der Waals surface area contributed by atoms with E-state index in [2.05, 4.69) is 15.3 Å². The van der Waals surface area contributed by atoms with Gasteiger partial charge in [0.2, 0.25) is 4.96 Å². The zero-order valence-electron chi connectivity index (χ0n) is 10.4. The van der Waals surface area contributed by atoms with Gasteiger partial charge in [0.15, 0.2) is 5.82 Å². The van der Waals surface area contributed by atoms with Crippen molar-refractivity contribution in [2.45, 2.75) is 32.3 Å². The molecule has 0 radical (unpaired) electrons. The van der Waals surface area contributed by atoms with Crippen LogP contribution in [-0.2, 0) is 17.8 Å². The maximum atomic E-state index is 5.89. The third-order valence-corrected chi connectivity index (χ3v) is 4.64. The van der Waals surface area contributed by atoms with Gasteiger partial charge in [-0.2, -0.15) is 9.61 Å². The van der Waals surface area contributed by atoms with Crippen molar-refractivity contribution < 1.29 is 4.74 Å². The van der Waals surface area contributed by atoms with E-state index < -0.39 is 0 Å². The Morgan fingerprint density at radius 2 is 2.28 bits per heavy atom. The van der Waals surface area contributed by atoms with Crippen LogP contribution in [0.25, 0.3) is 4.96 Å². The smallest absolute Gasteiger partial charge is 0.234 e. The molecule has 1 aliphatic carbocycles. The van der Waals surface area contributed by atoms with Crippen LogP contribution in [0.3, 0.4) is 0 Å². The number of aromatic nitrogens is 4. The molecule has 6 nitrogen and oxygen atoms in total. The van der Waals surface area contributed by atoms with E-state index in [1.54, 1.807) is 23.0 Å². The Labute approximate surface area is 109 Å². The number of hydrogen-bond acceptors (Lipinski definition) is 6. The van der Waals surface area contributed by atoms with Crippen LogP contribution in [0.4, 0.5) is 0 Å². The van der Waals surface area contributed by atoms with Crippen molar-refractivity contribution in [3.63, 3.8) is 0 Å². The Kier molecular flexibility index (Phi) is 3.04. The molecule has 0 aliphatic heterocycles. The fourth-order valence-corrected chi connectivity index (χ4v) is 3.46. The van der Waals surface area contributed by atoms with Gasteiger partial charge in [0.25, 0.3) is 0 Å². The van der Waals surface area contributed by atoms with Gasteiger partial charge in [-0.05, 0) is 24.8 Å². The van der Waals surface area contributed by atoms with E-state index in [1.807, 2.05) is 0 Å². The van der Waals surface area contributed by atoms with Gasteiger partial charge >= 0.3 is 0 Å². The van der Waals surface area contributed by atoms with Crippen LogP contribution in [0.2, 0.25) is 0 Å². The maximum Gasteiger partial charge on any atom is 0.234 e. The number of fused-ring (bicyclic) bond motifs is 1. The Bertz CT molecular complexity index is 539. The summed E-state index contributed by atoms with van der Waals surface area (Å²) in [6.45, 7) is 1.18. The summed E-state index contributed by atoms with van der Waals surface area (Å²) in [5.74, 6) is 0.755. The van der Waals surface area contributed by atoms with Crippen LogP contribution in [0.1, 0.15) is 30.1 Å². The normalized spacial score (nSPS) is 18.1. The highest BCUT2D eigenvalue weighted by atomic mass is 32.1. The van der Waals surface area contributed by atoms with Gasteiger partial charge in [0.1, 0.15) is 11.6 Å². The van der Waals surface area contributed by atoms with E-state index in [0.29, 0.717) is 6.61 Å². The molecule has 18 heavy (non-hydrogen) atoms. The molecule has 2 N–H and O–H groups in total. The van der Waals surface area contributed by atoms with E-state index in [4.69, 9.17) is 10.5 Å². The molecule has 0 saturated heterocycles. The summed E-state index contributed by atoms with van der Waals surface area (Å²) in [7, 11) is 1.64. The molecule has 0 aromatic carbocycles. The standard InChI is InChI=1S/C11H17N5OS/c1-17-6-8-13-14-10-16(8)15-9(18-10)5-11(7-12)3-2-4-11/h2-7,12H2,1H3. The second-order valence-electron chi connectivity index (χ2n) is 4.97. The molecule has 3 rings (SSSR count). The first-order valence-electron chi connectivity index (χ1n) is 6.15. The van der Waals surface area contributed by atoms with Crippen LogP contribution >= 0.6 is 11.3 Å². The number of nitrogens with two attached hydrogens (primary N) is 1. The molecule has 1 fully saturated rings. The fourth-order valence-electron chi connectivity index (χ4n) is 2.44. The summed E-state index contributed by atoms with van der Waals surface area (Å²) in [6, 6.07) is 0. The summed E-state index contributed by atoms with van der Waals surface area (Å²) in [5.41, 5.74) is 6.17. The highest BCUT2D eigenvalue weighted by Gasteiger charge is 2.36. The first kappa shape index (κ1) is 12.0. The first-order valence-corrected chi connectivity index (χ1v) is 6.97. The molecule has 1 aliphatic rings. The van der Waals surface area contributed by atoms with E-state index in [1.165, 1.54) is 19.3 Å². The lowest BCUT2D eigenvalue weighted by molar-refractivity contribution is 0.144. The lowest BCUT2D eigenvalue weighted by atomic mass is 9.67. The first-order chi connectivity index (χ1) is 8.76. The van der Waals surface area contributed by atoms with Gasteiger partial charge in [-0.3, -0.25) is 0 Å². The van der Waals surface area contributed by atoms with E-state index in [-0.39, 0.29) is 5.41 Å². The molecule has 0 atom stereocenters. The molecule has 0 bridgehead atoms. The quantitative estimate of drug-likeness (QED) is 0.874. The van der Waals surface area contributed by atoms with Crippen molar-refractivity contribution in [3.8, 4) is 0 Å². The predicted octanol–water partition coefficient (Wildman–Crippen LogP) is 1.00. The SMILES string of the molecule is COCc1nnc2sc(CC3(CN)CCC3)nn12. The highest BCUT2D eigenvalue weighted by Crippen LogP contribution is 2.43. The van der Waals surface area contributed by atoms with Crippen molar-refractivity contribution >= 4 is 16.3 Å². The Balaban J connectivity index is 1.84. The summed E-state index contributed by atoms with van der Waals surface area (Å²) >= 11 is 1.60. The molecular formula is C11H17N5OS. The van der Waals surface area contributed by atoms with Crippen molar-refractivity contribution in [1.82, 2.24) is 19.8 Å². The summed E-state index contributed by atoms with van der Waals surface area (Å²) in [6.07, 6.45) is 4.68. The van der Waals surface area contributed by atoms with Gasteiger partial charge in [-0.25, -0.2) is 0 Å². The van der Waals surface area contributed by atoms with Crippen molar-refractivity contribution in [2.75, 3.05) is 13.7 Å². The van der Waals surface area contributed by atoms with Gasteiger partial charge in [-0.1, -0.05) is 17.8 Å². The molecule has 2 heterocycles. The largest absolute Gasteiger partial charge is 0.377 e. The zero-order chi connectivity index (χ0) is 12.6. The lowest BCUT2D eigenvalue weighted by Crippen LogP contribution is -2.39. The molecule has 7 heteroatoms. The zero-order valence-corrected chi connectivity index (χ0v) is 11.2. The Hall–Kier alpha value is -1.05. The lowest BCUT2D eigenvalue weighted by Gasteiger charge is -2.40. The Morgan fingerprint density at radius 3 is 2.89 bits per heavy atom. The molecule has 98 valence electrons. The van der Waals surface area contributed by atoms with E-state index >= 15 is 0 Å². The predicted molar refractivity (Wildman–Crippen MR) is 68.4 cm³/mol. The van der Waals surface area contributed by atoms with Crippen molar-refractivity contribution in [3.05, 3.63) is 10.8 Å². The monoisotopic (exact) mass is 267 g/mol. The minimum atomic E-state index is 0.282. The Morgan fingerprint density at radius 1 is 1.44 bits per heavy atom. The minimum Gasteiger partial charge on any atom is -0.377 e. The second-order valence-corrected chi connectivity index (χ2v) is 6.01. The molecule has 0 spiro atoms. The van der Waals surface area contributed by atoms with Crippen LogP contribution in [-0.4, -0.2) is 33.5 Å². The van der Waals surface area contributed by atoms with Crippen LogP contribution < -0.4 is 5.73 Å². The summed E-state index contributed by atoms with van der Waals surface area (Å²) < 4.78 is 6.86. The molecule has 1 saturated carbocycles. The second kappa shape index (κ2) is 4.56. The average molecular weight is 267 g/mol. The number of hydrogen-bond donors (Lipinski definition) is 1. The number of nitrogens with zero attached hydrogens (tertiary/aromatic N) is 4. The molecule has 2 aromatic heterocycles. The summed E-state index contributed by atoms with van der Waals surface area (Å²) in [5, 5.41) is 13.8. The molecule has 0 unspecified atom stereocenters. The van der Waals surface area contributed by atoms with Crippen molar-refractivity contribution in [1.29, 1.82) is 0 Å². The fraction of sp³-hybridized carbons (Fsp3) is 0.727. The maximum absolute atomic E-state index is 5.89. The van der Waals surface area contributed by atoms with Crippen LogP contribution in [0.5, 0.6) is 0 Å². The van der Waals surface area contributed by atoms with Crippen LogP contribution in [0.15, 0.2) is 0 Å². The minimum absolute atomic E-state index is 0.282. The molecular weight excluding hydrogens is 250 g/mol. The number of methoxy groups -OCH3 is 1. The number of ether oxygens (including phenoxy) is 1. The van der Waals surface area contributed by atoms with E-state index in [0.717, 1.165) is 28.8 Å². The van der Waals surface area contributed by atoms with Gasteiger partial charge in [0.05, 0.1) is 0 Å². The third-order valence-electron chi connectivity index (χ3n) is 3.74. The van der Waals surface area contributed by atoms with Gasteiger partial charge < -0.3 is 10.5 Å². The third kappa shape index (κ3) is 1.92. The van der Waals surface area contributed by atoms with Gasteiger partial charge in [0, 0.05) is 13.5 Å². The van der Waals surface area contributed by atoms with E-state index in [9.17, 15) is 0 Å². The van der Waals surface area contributed by atoms with Crippen LogP contribution in [0, 0.1) is 5.41 Å². The average Bonchev–Trinajstić information content (AvgIpc) is 2.86. The summed E-state index contributed by atoms with van der Waals surface area (Å²) in [4.78, 5) is 0.837. The van der Waals surface area contributed by atoms with Crippen molar-refractivity contribution in [2.24, 2.45) is 11.1 Å². The topological polar surface area (TPSA) is 78.3 Å². The molecule has 2 aromatic rings. The number of rotatable bonds is 5.